The molecule has 0 unspecified atom stereocenters. The number of carbonyl (C=O) groups excluding carboxylic acids is 2. The summed E-state index contributed by atoms with van der Waals surface area (Å²) < 4.78 is 5.17. The van der Waals surface area contributed by atoms with Crippen LogP contribution in [0.5, 0.6) is 0 Å². The molecule has 0 spiro atoms. The number of rotatable bonds is 4. The van der Waals surface area contributed by atoms with Crippen LogP contribution in [-0.4, -0.2) is 49.6 Å². The number of carbonyl (C=O) groups is 2. The molecule has 0 atom stereocenters. The van der Waals surface area contributed by atoms with Crippen LogP contribution in [0.1, 0.15) is 15.9 Å². The average molecular weight is 353 g/mol. The topological polar surface area (TPSA) is 75.9 Å². The van der Waals surface area contributed by atoms with Gasteiger partial charge in [0.1, 0.15) is 0 Å². The van der Waals surface area contributed by atoms with Gasteiger partial charge in [0.05, 0.1) is 5.56 Å². The number of benzene rings is 2. The SMILES string of the molecule is Cc1cccc(C(=O)OCC(=O)N2CCN(c3ccccc3)CC2)c1N. The van der Waals surface area contributed by atoms with Crippen LogP contribution >= 0.6 is 0 Å². The molecule has 0 aromatic heterocycles. The zero-order valence-electron chi connectivity index (χ0n) is 14.9. The molecule has 1 aliphatic rings. The Kier molecular flexibility index (Phi) is 5.41. The number of piperazine rings is 1. The predicted octanol–water partition coefficient (Wildman–Crippen LogP) is 2.08. The highest BCUT2D eigenvalue weighted by atomic mass is 16.5. The molecule has 3 rings (SSSR count). The van der Waals surface area contributed by atoms with Gasteiger partial charge in [0.25, 0.3) is 5.91 Å². The lowest BCUT2D eigenvalue weighted by molar-refractivity contribution is -0.134. The third kappa shape index (κ3) is 3.96. The number of para-hydroxylation sites is 2. The zero-order chi connectivity index (χ0) is 18.5. The minimum absolute atomic E-state index is 0.183. The molecule has 0 saturated carbocycles. The monoisotopic (exact) mass is 353 g/mol. The van der Waals surface area contributed by atoms with Gasteiger partial charge in [0.2, 0.25) is 0 Å². The van der Waals surface area contributed by atoms with Gasteiger partial charge in [0.15, 0.2) is 6.61 Å². The Morgan fingerprint density at radius 3 is 2.38 bits per heavy atom. The van der Waals surface area contributed by atoms with Crippen molar-refractivity contribution in [2.45, 2.75) is 6.92 Å². The Morgan fingerprint density at radius 2 is 1.69 bits per heavy atom. The molecule has 0 aliphatic carbocycles. The lowest BCUT2D eigenvalue weighted by Crippen LogP contribution is -2.49. The number of nitrogen functional groups attached to an aromatic ring is 1. The van der Waals surface area contributed by atoms with Crippen molar-refractivity contribution in [2.75, 3.05) is 43.4 Å². The van der Waals surface area contributed by atoms with Crippen molar-refractivity contribution in [3.8, 4) is 0 Å². The van der Waals surface area contributed by atoms with Gasteiger partial charge >= 0.3 is 5.97 Å². The molecule has 2 aromatic rings. The highest BCUT2D eigenvalue weighted by Gasteiger charge is 2.22. The smallest absolute Gasteiger partial charge is 0.340 e. The molecule has 1 heterocycles. The first-order valence-electron chi connectivity index (χ1n) is 8.66. The summed E-state index contributed by atoms with van der Waals surface area (Å²) in [6, 6.07) is 15.3. The van der Waals surface area contributed by atoms with E-state index in [1.807, 2.05) is 31.2 Å². The molecule has 6 heteroatoms. The van der Waals surface area contributed by atoms with Gasteiger partial charge in [-0.2, -0.15) is 0 Å². The number of amides is 1. The molecule has 0 bridgehead atoms. The second-order valence-corrected chi connectivity index (χ2v) is 6.32. The van der Waals surface area contributed by atoms with Crippen LogP contribution in [0.3, 0.4) is 0 Å². The molecule has 1 fully saturated rings. The van der Waals surface area contributed by atoms with E-state index >= 15 is 0 Å². The van der Waals surface area contributed by atoms with E-state index in [0.29, 0.717) is 24.3 Å². The fourth-order valence-corrected chi connectivity index (χ4v) is 3.01. The Labute approximate surface area is 153 Å². The van der Waals surface area contributed by atoms with Gasteiger partial charge in [-0.05, 0) is 30.7 Å². The molecule has 26 heavy (non-hydrogen) atoms. The summed E-state index contributed by atoms with van der Waals surface area (Å²) in [6.07, 6.45) is 0. The van der Waals surface area contributed by atoms with Crippen LogP contribution in [0.2, 0.25) is 0 Å². The number of anilines is 2. The van der Waals surface area contributed by atoms with Gasteiger partial charge in [-0.1, -0.05) is 30.3 Å². The highest BCUT2D eigenvalue weighted by Crippen LogP contribution is 2.18. The molecule has 1 saturated heterocycles. The first-order valence-corrected chi connectivity index (χ1v) is 8.66. The lowest BCUT2D eigenvalue weighted by atomic mass is 10.1. The van der Waals surface area contributed by atoms with Gasteiger partial charge in [0, 0.05) is 37.6 Å². The summed E-state index contributed by atoms with van der Waals surface area (Å²) in [7, 11) is 0. The normalized spacial score (nSPS) is 14.2. The van der Waals surface area contributed by atoms with Crippen molar-refractivity contribution < 1.29 is 14.3 Å². The Morgan fingerprint density at radius 1 is 1.00 bits per heavy atom. The van der Waals surface area contributed by atoms with E-state index in [1.54, 1.807) is 17.0 Å². The molecular weight excluding hydrogens is 330 g/mol. The molecule has 1 aliphatic heterocycles. The third-order valence-corrected chi connectivity index (χ3v) is 4.62. The Balaban J connectivity index is 1.50. The summed E-state index contributed by atoms with van der Waals surface area (Å²) >= 11 is 0. The van der Waals surface area contributed by atoms with Gasteiger partial charge in [-0.3, -0.25) is 4.79 Å². The lowest BCUT2D eigenvalue weighted by Gasteiger charge is -2.36. The summed E-state index contributed by atoms with van der Waals surface area (Å²) in [6.45, 7) is 4.29. The average Bonchev–Trinajstić information content (AvgIpc) is 2.69. The van der Waals surface area contributed by atoms with Crippen molar-refractivity contribution in [2.24, 2.45) is 0 Å². The van der Waals surface area contributed by atoms with Crippen LogP contribution in [-0.2, 0) is 9.53 Å². The van der Waals surface area contributed by atoms with E-state index < -0.39 is 5.97 Å². The van der Waals surface area contributed by atoms with Gasteiger partial charge in [-0.15, -0.1) is 0 Å². The summed E-state index contributed by atoms with van der Waals surface area (Å²) in [4.78, 5) is 28.5. The maximum Gasteiger partial charge on any atom is 0.340 e. The van der Waals surface area contributed by atoms with Crippen molar-refractivity contribution in [3.63, 3.8) is 0 Å². The quantitative estimate of drug-likeness (QED) is 0.673. The number of nitrogens with two attached hydrogens (primary N) is 1. The Bertz CT molecular complexity index is 784. The maximum absolute atomic E-state index is 12.3. The fourth-order valence-electron chi connectivity index (χ4n) is 3.01. The van der Waals surface area contributed by atoms with Crippen LogP contribution < -0.4 is 10.6 Å². The van der Waals surface area contributed by atoms with Crippen molar-refractivity contribution in [1.29, 1.82) is 0 Å². The van der Waals surface area contributed by atoms with E-state index in [-0.39, 0.29) is 12.5 Å². The van der Waals surface area contributed by atoms with E-state index in [1.165, 1.54) is 0 Å². The summed E-state index contributed by atoms with van der Waals surface area (Å²) in [5.41, 5.74) is 8.55. The Hall–Kier alpha value is -3.02. The molecule has 2 N–H and O–H groups in total. The number of hydrogen-bond donors (Lipinski definition) is 1. The van der Waals surface area contributed by atoms with E-state index in [0.717, 1.165) is 24.3 Å². The van der Waals surface area contributed by atoms with Gasteiger partial charge in [-0.25, -0.2) is 4.79 Å². The maximum atomic E-state index is 12.3. The zero-order valence-corrected chi connectivity index (χ0v) is 14.9. The number of hydrogen-bond acceptors (Lipinski definition) is 5. The van der Waals surface area contributed by atoms with Crippen molar-refractivity contribution >= 4 is 23.3 Å². The molecule has 6 nitrogen and oxygen atoms in total. The van der Waals surface area contributed by atoms with Crippen LogP contribution in [0.25, 0.3) is 0 Å². The highest BCUT2D eigenvalue weighted by molar-refractivity contribution is 5.96. The number of aryl methyl sites for hydroxylation is 1. The minimum atomic E-state index is -0.567. The van der Waals surface area contributed by atoms with Crippen LogP contribution in [0.15, 0.2) is 48.5 Å². The van der Waals surface area contributed by atoms with Crippen LogP contribution in [0, 0.1) is 6.92 Å². The molecule has 0 radical (unpaired) electrons. The predicted molar refractivity (Wildman–Crippen MR) is 101 cm³/mol. The first kappa shape index (κ1) is 17.8. The summed E-state index contributed by atoms with van der Waals surface area (Å²) in [5, 5.41) is 0. The third-order valence-electron chi connectivity index (χ3n) is 4.62. The van der Waals surface area contributed by atoms with Crippen LogP contribution in [0.4, 0.5) is 11.4 Å². The van der Waals surface area contributed by atoms with E-state index in [9.17, 15) is 9.59 Å². The standard InChI is InChI=1S/C20H23N3O3/c1-15-6-5-9-17(19(15)21)20(25)26-14-18(24)23-12-10-22(11-13-23)16-7-3-2-4-8-16/h2-9H,10-14,21H2,1H3. The second-order valence-electron chi connectivity index (χ2n) is 6.32. The van der Waals surface area contributed by atoms with Crippen molar-refractivity contribution in [3.05, 3.63) is 59.7 Å². The largest absolute Gasteiger partial charge is 0.452 e. The second kappa shape index (κ2) is 7.91. The number of esters is 1. The molecule has 2 aromatic carbocycles. The summed E-state index contributed by atoms with van der Waals surface area (Å²) in [5.74, 6) is -0.750. The molecule has 136 valence electrons. The molecule has 1 amide bonds. The number of nitrogens with zero attached hydrogens (tertiary/aromatic N) is 2. The molecular formula is C20H23N3O3. The number of ether oxygens (including phenoxy) is 1. The minimum Gasteiger partial charge on any atom is -0.452 e. The van der Waals surface area contributed by atoms with E-state index in [4.69, 9.17) is 10.5 Å². The van der Waals surface area contributed by atoms with Crippen molar-refractivity contribution in [1.82, 2.24) is 4.90 Å². The van der Waals surface area contributed by atoms with E-state index in [2.05, 4.69) is 17.0 Å². The first-order chi connectivity index (χ1) is 12.6. The fraction of sp³-hybridized carbons (Fsp3) is 0.300. The van der Waals surface area contributed by atoms with Gasteiger partial charge < -0.3 is 20.3 Å².